The number of likely N-dealkylation sites (tertiary alicyclic amines) is 1. The zero-order valence-corrected chi connectivity index (χ0v) is 15.0. The summed E-state index contributed by atoms with van der Waals surface area (Å²) in [7, 11) is 0. The molecule has 1 fully saturated rings. The number of nitrogens with zero attached hydrogens (tertiary/aromatic N) is 2. The number of hydrogen-bond acceptors (Lipinski definition) is 4. The van der Waals surface area contributed by atoms with Gasteiger partial charge in [-0.05, 0) is 39.7 Å². The van der Waals surface area contributed by atoms with E-state index < -0.39 is 27.7 Å². The molecule has 1 spiro atoms. The highest BCUT2D eigenvalue weighted by molar-refractivity contribution is 7.91. The zero-order chi connectivity index (χ0) is 17.5. The highest BCUT2D eigenvalue weighted by Gasteiger charge is 2.47. The average Bonchev–Trinajstić information content (AvgIpc) is 2.80. The first-order valence-corrected chi connectivity index (χ1v) is 9.20. The molecule has 2 aliphatic rings. The molecular weight excluding hydrogens is 326 g/mol. The van der Waals surface area contributed by atoms with Crippen molar-refractivity contribution in [3.63, 3.8) is 0 Å². The molecule has 2 N–H and O–H groups in total. The van der Waals surface area contributed by atoms with E-state index in [2.05, 4.69) is 9.71 Å². The molecule has 2 heterocycles. The molecule has 130 valence electrons. The van der Waals surface area contributed by atoms with Crippen LogP contribution in [0.1, 0.15) is 39.2 Å². The van der Waals surface area contributed by atoms with Gasteiger partial charge >= 0.3 is 6.09 Å². The fraction of sp³-hybridized carbons (Fsp3) is 0.529. The van der Waals surface area contributed by atoms with E-state index in [9.17, 15) is 14.5 Å². The lowest BCUT2D eigenvalue weighted by Gasteiger charge is -2.38. The maximum absolute atomic E-state index is 12.6. The van der Waals surface area contributed by atoms with E-state index in [1.54, 1.807) is 0 Å². The number of benzene rings is 1. The Labute approximate surface area is 145 Å². The predicted molar refractivity (Wildman–Crippen MR) is 96.1 cm³/mol. The molecule has 1 unspecified atom stereocenters. The van der Waals surface area contributed by atoms with Gasteiger partial charge in [0.15, 0.2) is 0 Å². The zero-order valence-electron chi connectivity index (χ0n) is 14.2. The first-order chi connectivity index (χ1) is 11.2. The van der Waals surface area contributed by atoms with Crippen molar-refractivity contribution in [2.24, 2.45) is 4.40 Å². The van der Waals surface area contributed by atoms with Crippen LogP contribution in [-0.2, 0) is 11.4 Å². The minimum absolute atomic E-state index is 0.434. The summed E-state index contributed by atoms with van der Waals surface area (Å²) >= 11 is -1.36. The minimum atomic E-state index is -1.36. The number of carboxylic acid groups (broad SMARTS) is 1. The van der Waals surface area contributed by atoms with Crippen molar-refractivity contribution in [1.29, 1.82) is 0 Å². The number of amides is 1. The molecule has 1 aromatic rings. The highest BCUT2D eigenvalue weighted by atomic mass is 32.2. The molecule has 1 atom stereocenters. The van der Waals surface area contributed by atoms with Crippen LogP contribution in [0.4, 0.5) is 10.5 Å². The van der Waals surface area contributed by atoms with Crippen LogP contribution in [0.3, 0.4) is 0 Å². The molecule has 6 nitrogen and oxygen atoms in total. The summed E-state index contributed by atoms with van der Waals surface area (Å²) < 4.78 is 16.8. The van der Waals surface area contributed by atoms with Gasteiger partial charge in [0, 0.05) is 24.3 Å². The fourth-order valence-corrected chi connectivity index (χ4v) is 3.88. The summed E-state index contributed by atoms with van der Waals surface area (Å²) in [5.74, 6) is 0. The van der Waals surface area contributed by atoms with Crippen LogP contribution in [0, 0.1) is 0 Å². The number of anilines is 1. The van der Waals surface area contributed by atoms with Crippen molar-refractivity contribution < 1.29 is 14.5 Å². The van der Waals surface area contributed by atoms with Crippen LogP contribution in [0.25, 0.3) is 0 Å². The standard InChI is InChI=1S/C17H23N3O3S/c1-16(2,3)24(23)19-14-12-6-4-5-7-13(12)18-17(14)8-10-20(11-9-17)15(21)22/h4-7,18H,8-11H2,1-3H3,(H,21,22). The maximum Gasteiger partial charge on any atom is 0.407 e. The summed E-state index contributed by atoms with van der Waals surface area (Å²) in [6.45, 7) is 6.60. The van der Waals surface area contributed by atoms with Gasteiger partial charge in [0.1, 0.15) is 21.8 Å². The Kier molecular flexibility index (Phi) is 4.25. The second kappa shape index (κ2) is 5.97. The van der Waals surface area contributed by atoms with E-state index >= 15 is 0 Å². The molecule has 1 amide bonds. The Morgan fingerprint density at radius 3 is 2.54 bits per heavy atom. The molecule has 0 aliphatic carbocycles. The van der Waals surface area contributed by atoms with Gasteiger partial charge in [-0.2, -0.15) is 0 Å². The first kappa shape index (κ1) is 17.1. The Hall–Kier alpha value is -1.73. The molecule has 0 radical (unpaired) electrons. The Morgan fingerprint density at radius 2 is 1.96 bits per heavy atom. The van der Waals surface area contributed by atoms with Gasteiger partial charge in [0.2, 0.25) is 0 Å². The molecule has 1 aromatic carbocycles. The van der Waals surface area contributed by atoms with Crippen molar-refractivity contribution >= 4 is 28.9 Å². The second-order valence-electron chi connectivity index (χ2n) is 7.32. The van der Waals surface area contributed by atoms with Gasteiger partial charge in [-0.25, -0.2) is 4.79 Å². The SMILES string of the molecule is CC(C)(C)[S+]([O-])N=C1c2ccccc2NC12CCN(C(=O)O)CC2. The van der Waals surface area contributed by atoms with Gasteiger partial charge in [-0.3, -0.25) is 0 Å². The van der Waals surface area contributed by atoms with E-state index in [1.165, 1.54) is 4.90 Å². The van der Waals surface area contributed by atoms with Crippen LogP contribution in [0.5, 0.6) is 0 Å². The summed E-state index contributed by atoms with van der Waals surface area (Å²) in [6, 6.07) is 7.87. The number of hydrogen-bond donors (Lipinski definition) is 2. The molecule has 2 aliphatic heterocycles. The van der Waals surface area contributed by atoms with Crippen molar-refractivity contribution in [3.05, 3.63) is 29.8 Å². The monoisotopic (exact) mass is 349 g/mol. The molecule has 24 heavy (non-hydrogen) atoms. The third kappa shape index (κ3) is 2.98. The van der Waals surface area contributed by atoms with Crippen LogP contribution in [0.15, 0.2) is 28.7 Å². The van der Waals surface area contributed by atoms with Crippen molar-refractivity contribution in [2.75, 3.05) is 18.4 Å². The van der Waals surface area contributed by atoms with Crippen LogP contribution in [0.2, 0.25) is 0 Å². The second-order valence-corrected chi connectivity index (χ2v) is 9.23. The molecule has 0 aromatic heterocycles. The third-order valence-corrected chi connectivity index (χ3v) is 5.99. The molecule has 3 rings (SSSR count). The molecule has 0 saturated carbocycles. The van der Waals surface area contributed by atoms with Crippen LogP contribution in [-0.4, -0.2) is 49.7 Å². The Morgan fingerprint density at radius 1 is 1.33 bits per heavy atom. The lowest BCUT2D eigenvalue weighted by molar-refractivity contribution is 0.130. The van der Waals surface area contributed by atoms with Gasteiger partial charge in [0.25, 0.3) is 0 Å². The van der Waals surface area contributed by atoms with Crippen LogP contribution >= 0.6 is 0 Å². The summed E-state index contributed by atoms with van der Waals surface area (Å²) in [4.78, 5) is 12.6. The van der Waals surface area contributed by atoms with E-state index in [0.29, 0.717) is 25.9 Å². The Bertz CT molecular complexity index is 676. The first-order valence-electron chi connectivity index (χ1n) is 8.10. The minimum Gasteiger partial charge on any atom is -0.591 e. The molecule has 0 bridgehead atoms. The molecule has 7 heteroatoms. The number of para-hydroxylation sites is 1. The van der Waals surface area contributed by atoms with Gasteiger partial charge in [-0.15, -0.1) is 0 Å². The van der Waals surface area contributed by atoms with E-state index in [-0.39, 0.29) is 0 Å². The summed E-state index contributed by atoms with van der Waals surface area (Å²) in [5.41, 5.74) is 2.32. The number of rotatable bonds is 1. The number of fused-ring (bicyclic) bond motifs is 1. The predicted octanol–water partition coefficient (Wildman–Crippen LogP) is 2.88. The molecule has 1 saturated heterocycles. The lowest BCUT2D eigenvalue weighted by Crippen LogP contribution is -2.53. The third-order valence-electron chi connectivity index (χ3n) is 4.59. The van der Waals surface area contributed by atoms with Crippen molar-refractivity contribution in [1.82, 2.24) is 4.90 Å². The van der Waals surface area contributed by atoms with Crippen molar-refractivity contribution in [2.45, 2.75) is 43.9 Å². The summed E-state index contributed by atoms with van der Waals surface area (Å²) in [5, 5.41) is 12.7. The highest BCUT2D eigenvalue weighted by Crippen LogP contribution is 2.40. The number of nitrogens with one attached hydrogen (secondary N) is 1. The smallest absolute Gasteiger partial charge is 0.407 e. The van der Waals surface area contributed by atoms with E-state index in [0.717, 1.165) is 17.0 Å². The Balaban J connectivity index is 1.98. The van der Waals surface area contributed by atoms with Crippen molar-refractivity contribution in [3.8, 4) is 0 Å². The van der Waals surface area contributed by atoms with E-state index in [4.69, 9.17) is 0 Å². The van der Waals surface area contributed by atoms with Gasteiger partial charge in [-0.1, -0.05) is 22.6 Å². The fourth-order valence-electron chi connectivity index (χ4n) is 3.17. The van der Waals surface area contributed by atoms with E-state index in [1.807, 2.05) is 45.0 Å². The largest absolute Gasteiger partial charge is 0.591 e. The van der Waals surface area contributed by atoms with Gasteiger partial charge < -0.3 is 19.9 Å². The normalized spacial score (nSPS) is 22.3. The quantitative estimate of drug-likeness (QED) is 0.763. The van der Waals surface area contributed by atoms with Crippen LogP contribution < -0.4 is 5.32 Å². The lowest BCUT2D eigenvalue weighted by atomic mass is 9.83. The number of piperidine rings is 1. The summed E-state index contributed by atoms with van der Waals surface area (Å²) in [6.07, 6.45) is 0.347. The molecular formula is C17H23N3O3S. The number of carbonyl (C=O) groups is 1. The topological polar surface area (TPSA) is 88.0 Å². The maximum atomic E-state index is 12.6. The average molecular weight is 349 g/mol. The van der Waals surface area contributed by atoms with Gasteiger partial charge in [0.05, 0.1) is 5.54 Å².